The Balaban J connectivity index is 1.93. The summed E-state index contributed by atoms with van der Waals surface area (Å²) in [5.74, 6) is -0.160. The summed E-state index contributed by atoms with van der Waals surface area (Å²) in [6.45, 7) is 4.24. The number of rotatable bonds is 3. The highest BCUT2D eigenvalue weighted by molar-refractivity contribution is 5.19. The van der Waals surface area contributed by atoms with E-state index in [0.717, 1.165) is 18.7 Å². The molecule has 82 valence electrons. The van der Waals surface area contributed by atoms with Gasteiger partial charge >= 0.3 is 0 Å². The van der Waals surface area contributed by atoms with Gasteiger partial charge in [-0.1, -0.05) is 12.1 Å². The van der Waals surface area contributed by atoms with E-state index in [1.54, 1.807) is 12.1 Å². The zero-order valence-electron chi connectivity index (χ0n) is 9.20. The highest BCUT2D eigenvalue weighted by Gasteiger charge is 2.24. The number of hydrogen-bond donors (Lipinski definition) is 1. The SMILES string of the molecule is CC(NC1CN(C)C1)c1cccc(F)c1. The lowest BCUT2D eigenvalue weighted by molar-refractivity contribution is 0.153. The van der Waals surface area contributed by atoms with Crippen LogP contribution in [-0.4, -0.2) is 31.1 Å². The van der Waals surface area contributed by atoms with E-state index in [4.69, 9.17) is 0 Å². The summed E-state index contributed by atoms with van der Waals surface area (Å²) in [7, 11) is 2.10. The van der Waals surface area contributed by atoms with Crippen molar-refractivity contribution in [2.75, 3.05) is 20.1 Å². The minimum atomic E-state index is -0.160. The summed E-state index contributed by atoms with van der Waals surface area (Å²) in [5.41, 5.74) is 1.02. The van der Waals surface area contributed by atoms with Gasteiger partial charge in [0.05, 0.1) is 0 Å². The van der Waals surface area contributed by atoms with E-state index < -0.39 is 0 Å². The van der Waals surface area contributed by atoms with Crippen molar-refractivity contribution in [1.82, 2.24) is 10.2 Å². The topological polar surface area (TPSA) is 15.3 Å². The molecule has 1 N–H and O–H groups in total. The molecule has 1 aromatic rings. The molecule has 1 aromatic carbocycles. The number of nitrogens with zero attached hydrogens (tertiary/aromatic N) is 1. The monoisotopic (exact) mass is 208 g/mol. The summed E-state index contributed by atoms with van der Waals surface area (Å²) in [5, 5.41) is 3.48. The third kappa shape index (κ3) is 2.55. The van der Waals surface area contributed by atoms with Crippen molar-refractivity contribution in [3.05, 3.63) is 35.6 Å². The van der Waals surface area contributed by atoms with Gasteiger partial charge in [0.15, 0.2) is 0 Å². The number of benzene rings is 1. The van der Waals surface area contributed by atoms with Gasteiger partial charge in [-0.15, -0.1) is 0 Å². The zero-order valence-corrected chi connectivity index (χ0v) is 9.20. The summed E-state index contributed by atoms with van der Waals surface area (Å²) in [6, 6.07) is 7.57. The van der Waals surface area contributed by atoms with E-state index in [9.17, 15) is 4.39 Å². The molecule has 0 radical (unpaired) electrons. The summed E-state index contributed by atoms with van der Waals surface area (Å²) >= 11 is 0. The van der Waals surface area contributed by atoms with Gasteiger partial charge in [0.1, 0.15) is 5.82 Å². The number of likely N-dealkylation sites (N-methyl/N-ethyl adjacent to an activating group) is 1. The molecule has 0 saturated carbocycles. The third-order valence-electron chi connectivity index (χ3n) is 2.90. The van der Waals surface area contributed by atoms with E-state index in [1.165, 1.54) is 6.07 Å². The van der Waals surface area contributed by atoms with E-state index in [-0.39, 0.29) is 11.9 Å². The largest absolute Gasteiger partial charge is 0.305 e. The van der Waals surface area contributed by atoms with Crippen LogP contribution in [0.5, 0.6) is 0 Å². The molecule has 2 nitrogen and oxygen atoms in total. The molecule has 15 heavy (non-hydrogen) atoms. The fraction of sp³-hybridized carbons (Fsp3) is 0.500. The Morgan fingerprint density at radius 1 is 1.47 bits per heavy atom. The van der Waals surface area contributed by atoms with Crippen LogP contribution in [0.15, 0.2) is 24.3 Å². The average Bonchev–Trinajstić information content (AvgIpc) is 2.15. The highest BCUT2D eigenvalue weighted by atomic mass is 19.1. The van der Waals surface area contributed by atoms with Gasteiger partial charge in [0.2, 0.25) is 0 Å². The van der Waals surface area contributed by atoms with Crippen LogP contribution in [0.3, 0.4) is 0 Å². The third-order valence-corrected chi connectivity index (χ3v) is 2.90. The second kappa shape index (κ2) is 4.29. The van der Waals surface area contributed by atoms with Crippen LogP contribution in [0, 0.1) is 5.82 Å². The normalized spacial score (nSPS) is 19.9. The highest BCUT2D eigenvalue weighted by Crippen LogP contribution is 2.16. The smallest absolute Gasteiger partial charge is 0.123 e. The molecule has 0 aliphatic carbocycles. The van der Waals surface area contributed by atoms with Gasteiger partial charge in [-0.3, -0.25) is 0 Å². The first-order valence-corrected chi connectivity index (χ1v) is 5.35. The van der Waals surface area contributed by atoms with Gasteiger partial charge in [0, 0.05) is 25.2 Å². The Morgan fingerprint density at radius 3 is 2.80 bits per heavy atom. The van der Waals surface area contributed by atoms with E-state index in [1.807, 2.05) is 6.07 Å². The van der Waals surface area contributed by atoms with Crippen molar-refractivity contribution >= 4 is 0 Å². The first-order chi connectivity index (χ1) is 7.15. The van der Waals surface area contributed by atoms with Crippen molar-refractivity contribution in [2.45, 2.75) is 19.0 Å². The van der Waals surface area contributed by atoms with Gasteiger partial charge in [-0.05, 0) is 31.7 Å². The number of nitrogens with one attached hydrogen (secondary N) is 1. The molecule has 1 fully saturated rings. The Morgan fingerprint density at radius 2 is 2.20 bits per heavy atom. The fourth-order valence-electron chi connectivity index (χ4n) is 2.03. The maximum Gasteiger partial charge on any atom is 0.123 e. The second-order valence-corrected chi connectivity index (χ2v) is 4.36. The van der Waals surface area contributed by atoms with Crippen molar-refractivity contribution in [3.8, 4) is 0 Å². The van der Waals surface area contributed by atoms with Gasteiger partial charge in [0.25, 0.3) is 0 Å². The Labute approximate surface area is 90.1 Å². The molecule has 1 heterocycles. The summed E-state index contributed by atoms with van der Waals surface area (Å²) in [4.78, 5) is 2.26. The molecular formula is C12H17FN2. The van der Waals surface area contributed by atoms with Crippen molar-refractivity contribution in [2.24, 2.45) is 0 Å². The zero-order chi connectivity index (χ0) is 10.8. The molecule has 3 heteroatoms. The van der Waals surface area contributed by atoms with Crippen molar-refractivity contribution in [3.63, 3.8) is 0 Å². The number of likely N-dealkylation sites (tertiary alicyclic amines) is 1. The lowest BCUT2D eigenvalue weighted by Crippen LogP contribution is -2.56. The van der Waals surface area contributed by atoms with Gasteiger partial charge in [-0.2, -0.15) is 0 Å². The molecule has 1 aliphatic heterocycles. The summed E-state index contributed by atoms with van der Waals surface area (Å²) in [6.07, 6.45) is 0. The maximum absolute atomic E-state index is 13.0. The lowest BCUT2D eigenvalue weighted by atomic mass is 10.0. The van der Waals surface area contributed by atoms with Gasteiger partial charge < -0.3 is 10.2 Å². The molecule has 0 bridgehead atoms. The maximum atomic E-state index is 13.0. The molecule has 0 amide bonds. The minimum Gasteiger partial charge on any atom is -0.305 e. The second-order valence-electron chi connectivity index (χ2n) is 4.36. The number of hydrogen-bond acceptors (Lipinski definition) is 2. The van der Waals surface area contributed by atoms with E-state index in [2.05, 4.69) is 24.2 Å². The quantitative estimate of drug-likeness (QED) is 0.814. The van der Waals surface area contributed by atoms with Crippen molar-refractivity contribution in [1.29, 1.82) is 0 Å². The van der Waals surface area contributed by atoms with Crippen LogP contribution in [0.2, 0.25) is 0 Å². The number of halogens is 1. The van der Waals surface area contributed by atoms with Crippen LogP contribution in [-0.2, 0) is 0 Å². The molecule has 0 spiro atoms. The molecule has 1 atom stereocenters. The molecular weight excluding hydrogens is 191 g/mol. The van der Waals surface area contributed by atoms with Crippen LogP contribution >= 0.6 is 0 Å². The lowest BCUT2D eigenvalue weighted by Gasteiger charge is -2.38. The first kappa shape index (κ1) is 10.6. The molecule has 1 aliphatic rings. The molecule has 2 rings (SSSR count). The molecule has 1 saturated heterocycles. The Hall–Kier alpha value is -0.930. The standard InChI is InChI=1S/C12H17FN2/c1-9(14-12-7-15(2)8-12)10-4-3-5-11(13)6-10/h3-6,9,12,14H,7-8H2,1-2H3. The van der Waals surface area contributed by atoms with Crippen LogP contribution < -0.4 is 5.32 Å². The molecule has 0 aromatic heterocycles. The van der Waals surface area contributed by atoms with E-state index in [0.29, 0.717) is 6.04 Å². The van der Waals surface area contributed by atoms with E-state index >= 15 is 0 Å². The first-order valence-electron chi connectivity index (χ1n) is 5.35. The van der Waals surface area contributed by atoms with Crippen LogP contribution in [0.25, 0.3) is 0 Å². The van der Waals surface area contributed by atoms with Crippen LogP contribution in [0.4, 0.5) is 4.39 Å². The fourth-order valence-corrected chi connectivity index (χ4v) is 2.03. The Kier molecular flexibility index (Phi) is 3.03. The predicted molar refractivity (Wildman–Crippen MR) is 59.2 cm³/mol. The van der Waals surface area contributed by atoms with Crippen LogP contribution in [0.1, 0.15) is 18.5 Å². The average molecular weight is 208 g/mol. The molecule has 1 unspecified atom stereocenters. The predicted octanol–water partition coefficient (Wildman–Crippen LogP) is 1.79. The summed E-state index contributed by atoms with van der Waals surface area (Å²) < 4.78 is 13.0. The van der Waals surface area contributed by atoms with Gasteiger partial charge in [-0.25, -0.2) is 4.39 Å². The Bertz CT molecular complexity index is 334. The van der Waals surface area contributed by atoms with Crippen molar-refractivity contribution < 1.29 is 4.39 Å². The minimum absolute atomic E-state index is 0.160.